The van der Waals surface area contributed by atoms with Crippen LogP contribution in [-0.2, 0) is 28.7 Å². The van der Waals surface area contributed by atoms with Crippen LogP contribution in [0, 0.1) is 0 Å². The topological polar surface area (TPSA) is 343 Å². The van der Waals surface area contributed by atoms with Crippen molar-refractivity contribution in [1.82, 2.24) is 0 Å². The summed E-state index contributed by atoms with van der Waals surface area (Å²) in [6.07, 6.45) is -9.70. The minimum absolute atomic E-state index is 0.466. The highest BCUT2D eigenvalue weighted by atomic mass is 16.6. The Morgan fingerprint density at radius 2 is 0.913 bits per heavy atom. The lowest BCUT2D eigenvalue weighted by molar-refractivity contribution is -0.149. The Bertz CT molecular complexity index is 1190. The summed E-state index contributed by atoms with van der Waals surface area (Å²) < 4.78 is 29.7. The predicted octanol–water partition coefficient (Wildman–Crippen LogP) is -6.36. The number of ether oxygens (including phenoxy) is 6. The standard InChI is InChI=1S/C25H32O21/c1-41-19-20(45-24(39)14(34)7-29)17(43-22(37)12(32)5-27)11(2-3-16(36)42-9-10(31)4-26)18(44-23(38)13(33)6-28)21(19)46-25(40)15(35)8-30/h2-3,10,12-15,26-35H,4-9H2,1H3. The van der Waals surface area contributed by atoms with Crippen molar-refractivity contribution < 1.29 is 103 Å². The lowest BCUT2D eigenvalue weighted by Crippen LogP contribution is -2.32. The van der Waals surface area contributed by atoms with Gasteiger partial charge in [0, 0.05) is 6.08 Å². The molecule has 0 spiro atoms. The molecule has 1 rings (SSSR count). The highest BCUT2D eigenvalue weighted by Crippen LogP contribution is 2.55. The summed E-state index contributed by atoms with van der Waals surface area (Å²) in [6, 6.07) is 0. The Morgan fingerprint density at radius 3 is 1.22 bits per heavy atom. The Hall–Kier alpha value is -4.29. The van der Waals surface area contributed by atoms with Crippen LogP contribution in [0.4, 0.5) is 0 Å². The molecule has 1 aromatic carbocycles. The summed E-state index contributed by atoms with van der Waals surface area (Å²) in [5.41, 5.74) is -0.958. The van der Waals surface area contributed by atoms with Crippen molar-refractivity contribution in [2.45, 2.75) is 30.5 Å². The van der Waals surface area contributed by atoms with Gasteiger partial charge in [0.1, 0.15) is 12.7 Å². The molecule has 1 aromatic rings. The highest BCUT2D eigenvalue weighted by molar-refractivity contribution is 5.94. The van der Waals surface area contributed by atoms with E-state index in [0.29, 0.717) is 12.2 Å². The summed E-state index contributed by atoms with van der Waals surface area (Å²) in [5.74, 6) is -13.9. The molecule has 0 aliphatic heterocycles. The second-order valence-electron chi connectivity index (χ2n) is 8.54. The number of aliphatic hydroxyl groups is 10. The number of methoxy groups -OCH3 is 1. The van der Waals surface area contributed by atoms with E-state index in [0.717, 1.165) is 7.11 Å². The second-order valence-corrected chi connectivity index (χ2v) is 8.54. The van der Waals surface area contributed by atoms with Crippen LogP contribution in [0.15, 0.2) is 6.08 Å². The van der Waals surface area contributed by atoms with Crippen molar-refractivity contribution in [2.24, 2.45) is 0 Å². The molecule has 0 aliphatic rings. The molecule has 0 saturated heterocycles. The van der Waals surface area contributed by atoms with E-state index in [1.54, 1.807) is 0 Å². The van der Waals surface area contributed by atoms with E-state index < -0.39 is 134 Å². The first kappa shape index (κ1) is 39.7. The van der Waals surface area contributed by atoms with Crippen LogP contribution < -0.4 is 23.7 Å². The molecular formula is C25H32O21. The maximum Gasteiger partial charge on any atom is 0.343 e. The number of rotatable bonds is 18. The highest BCUT2D eigenvalue weighted by Gasteiger charge is 2.37. The fourth-order valence-corrected chi connectivity index (χ4v) is 2.79. The van der Waals surface area contributed by atoms with Crippen molar-refractivity contribution in [3.8, 4) is 28.7 Å². The minimum atomic E-state index is -2.31. The number of aliphatic hydroxyl groups excluding tert-OH is 10. The molecule has 0 aromatic heterocycles. The van der Waals surface area contributed by atoms with Crippen molar-refractivity contribution in [3.63, 3.8) is 0 Å². The van der Waals surface area contributed by atoms with Gasteiger partial charge in [-0.2, -0.15) is 0 Å². The van der Waals surface area contributed by atoms with Gasteiger partial charge in [-0.1, -0.05) is 0 Å². The number of benzene rings is 1. The van der Waals surface area contributed by atoms with E-state index in [9.17, 15) is 69.9 Å². The molecule has 21 nitrogen and oxygen atoms in total. The monoisotopic (exact) mass is 668 g/mol. The molecule has 0 fully saturated rings. The SMILES string of the molecule is COc1c(OC(=O)C(O)CO)c(OC(=O)C(O)CO)c(C=CC(=O)OCC(O)CO)c(OC(=O)C(O)CO)c1OC(=O)C(O)CO. The second kappa shape index (κ2) is 19.3. The first-order chi connectivity index (χ1) is 21.7. The predicted molar refractivity (Wildman–Crippen MR) is 141 cm³/mol. The zero-order valence-electron chi connectivity index (χ0n) is 23.7. The number of carbonyl (C=O) groups is 5. The van der Waals surface area contributed by atoms with Crippen LogP contribution in [0.3, 0.4) is 0 Å². The third-order valence-electron chi connectivity index (χ3n) is 5.12. The van der Waals surface area contributed by atoms with Gasteiger partial charge < -0.3 is 79.5 Å². The van der Waals surface area contributed by atoms with Crippen molar-refractivity contribution in [2.75, 3.05) is 46.8 Å². The average Bonchev–Trinajstić information content (AvgIpc) is 3.06. The van der Waals surface area contributed by atoms with Crippen molar-refractivity contribution in [3.05, 3.63) is 11.6 Å². The molecule has 10 N–H and O–H groups in total. The molecular weight excluding hydrogens is 636 g/mol. The van der Waals surface area contributed by atoms with Gasteiger partial charge in [0.25, 0.3) is 0 Å². The van der Waals surface area contributed by atoms with Crippen LogP contribution in [0.5, 0.6) is 28.7 Å². The van der Waals surface area contributed by atoms with E-state index >= 15 is 0 Å². The zero-order valence-corrected chi connectivity index (χ0v) is 23.7. The Kier molecular flexibility index (Phi) is 16.6. The minimum Gasteiger partial charge on any atom is -0.490 e. The van der Waals surface area contributed by atoms with Gasteiger partial charge in [0.2, 0.25) is 17.2 Å². The maximum absolute atomic E-state index is 12.6. The molecule has 5 unspecified atom stereocenters. The van der Waals surface area contributed by atoms with Crippen LogP contribution >= 0.6 is 0 Å². The quantitative estimate of drug-likeness (QED) is 0.0395. The molecule has 5 atom stereocenters. The largest absolute Gasteiger partial charge is 0.490 e. The van der Waals surface area contributed by atoms with Crippen LogP contribution in [0.1, 0.15) is 5.56 Å². The Morgan fingerprint density at radius 1 is 0.565 bits per heavy atom. The Labute approximate surface area is 257 Å². The smallest absolute Gasteiger partial charge is 0.343 e. The molecule has 0 bridgehead atoms. The number of hydrogen-bond donors (Lipinski definition) is 10. The van der Waals surface area contributed by atoms with Gasteiger partial charge in [-0.05, 0) is 6.08 Å². The molecule has 46 heavy (non-hydrogen) atoms. The maximum atomic E-state index is 12.6. The van der Waals surface area contributed by atoms with Gasteiger partial charge in [-0.25, -0.2) is 24.0 Å². The van der Waals surface area contributed by atoms with Crippen LogP contribution in [0.2, 0.25) is 0 Å². The fraction of sp³-hybridized carbons (Fsp3) is 0.480. The van der Waals surface area contributed by atoms with Crippen LogP contribution in [-0.4, -0.2) is 158 Å². The lowest BCUT2D eigenvalue weighted by atomic mass is 10.1. The number of esters is 5. The van der Waals surface area contributed by atoms with E-state index in [2.05, 4.69) is 4.74 Å². The molecule has 21 heteroatoms. The van der Waals surface area contributed by atoms with Gasteiger partial charge in [0.15, 0.2) is 35.9 Å². The average molecular weight is 669 g/mol. The summed E-state index contributed by atoms with van der Waals surface area (Å²) >= 11 is 0. The first-order valence-electron chi connectivity index (χ1n) is 12.6. The Balaban J connectivity index is 4.32. The van der Waals surface area contributed by atoms with Crippen molar-refractivity contribution in [1.29, 1.82) is 0 Å². The number of hydrogen-bond acceptors (Lipinski definition) is 21. The van der Waals surface area contributed by atoms with Gasteiger partial charge >= 0.3 is 29.8 Å². The molecule has 258 valence electrons. The van der Waals surface area contributed by atoms with Gasteiger partial charge in [0.05, 0.1) is 45.7 Å². The zero-order chi connectivity index (χ0) is 35.1. The van der Waals surface area contributed by atoms with E-state index in [-0.39, 0.29) is 0 Å². The summed E-state index contributed by atoms with van der Waals surface area (Å²) in [4.78, 5) is 62.4. The van der Waals surface area contributed by atoms with E-state index in [4.69, 9.17) is 28.8 Å². The van der Waals surface area contributed by atoms with Crippen molar-refractivity contribution >= 4 is 35.9 Å². The molecule has 0 radical (unpaired) electrons. The third kappa shape index (κ3) is 11.0. The summed E-state index contributed by atoms with van der Waals surface area (Å²) in [5, 5.41) is 94.2. The van der Waals surface area contributed by atoms with E-state index in [1.807, 2.05) is 0 Å². The van der Waals surface area contributed by atoms with Gasteiger partial charge in [-0.15, -0.1) is 0 Å². The third-order valence-corrected chi connectivity index (χ3v) is 5.12. The summed E-state index contributed by atoms with van der Waals surface area (Å²) in [6.45, 7) is -6.56. The molecule has 0 heterocycles. The molecule has 0 aliphatic carbocycles. The first-order valence-corrected chi connectivity index (χ1v) is 12.6. The summed E-state index contributed by atoms with van der Waals surface area (Å²) in [7, 11) is 0.788. The molecule has 0 amide bonds. The normalized spacial score (nSPS) is 14.4. The fourth-order valence-electron chi connectivity index (χ4n) is 2.79. The molecule has 0 saturated carbocycles. The van der Waals surface area contributed by atoms with Gasteiger partial charge in [-0.3, -0.25) is 0 Å². The number of carbonyl (C=O) groups excluding carboxylic acids is 5. The van der Waals surface area contributed by atoms with Crippen LogP contribution in [0.25, 0.3) is 6.08 Å². The lowest BCUT2D eigenvalue weighted by Gasteiger charge is -2.23. The van der Waals surface area contributed by atoms with E-state index in [1.165, 1.54) is 0 Å².